The summed E-state index contributed by atoms with van der Waals surface area (Å²) in [7, 11) is 0. The van der Waals surface area contributed by atoms with Gasteiger partial charge in [0, 0.05) is 29.0 Å². The smallest absolute Gasteiger partial charge is 0.0799 e. The van der Waals surface area contributed by atoms with Gasteiger partial charge in [0.25, 0.3) is 0 Å². The predicted molar refractivity (Wildman–Crippen MR) is 74.1 cm³/mol. The number of nitrogens with two attached hydrogens (primary N) is 1. The summed E-state index contributed by atoms with van der Waals surface area (Å²) < 4.78 is 0. The van der Waals surface area contributed by atoms with Crippen molar-refractivity contribution >= 4 is 16.6 Å². The number of hydrogen-bond donors (Lipinski definition) is 1. The number of aryl methyl sites for hydroxylation is 1. The van der Waals surface area contributed by atoms with Gasteiger partial charge in [0.05, 0.1) is 11.2 Å². The van der Waals surface area contributed by atoms with Crippen molar-refractivity contribution in [1.82, 2.24) is 9.97 Å². The molecule has 3 nitrogen and oxygen atoms in total. The summed E-state index contributed by atoms with van der Waals surface area (Å²) in [6, 6.07) is 11.8. The molecule has 0 aliphatic heterocycles. The highest BCUT2D eigenvalue weighted by molar-refractivity contribution is 5.93. The van der Waals surface area contributed by atoms with Crippen LogP contribution in [0.5, 0.6) is 0 Å². The van der Waals surface area contributed by atoms with Gasteiger partial charge in [-0.3, -0.25) is 9.97 Å². The van der Waals surface area contributed by atoms with Gasteiger partial charge in [-0.05, 0) is 42.8 Å². The number of anilines is 1. The van der Waals surface area contributed by atoms with E-state index in [1.807, 2.05) is 36.4 Å². The number of nitrogen functional groups attached to an aromatic ring is 1. The molecule has 3 aromatic rings. The first kappa shape index (κ1) is 10.7. The third-order valence-electron chi connectivity index (χ3n) is 3.05. The van der Waals surface area contributed by atoms with E-state index in [9.17, 15) is 0 Å². The van der Waals surface area contributed by atoms with Crippen molar-refractivity contribution < 1.29 is 0 Å². The summed E-state index contributed by atoms with van der Waals surface area (Å²) >= 11 is 0. The van der Waals surface area contributed by atoms with Crippen molar-refractivity contribution in [3.8, 4) is 11.3 Å². The van der Waals surface area contributed by atoms with Gasteiger partial charge < -0.3 is 5.73 Å². The molecule has 0 radical (unpaired) electrons. The van der Waals surface area contributed by atoms with Crippen LogP contribution in [0.25, 0.3) is 22.2 Å². The van der Waals surface area contributed by atoms with Gasteiger partial charge >= 0.3 is 0 Å². The molecule has 0 fully saturated rings. The number of aromatic nitrogens is 2. The molecule has 0 saturated heterocycles. The van der Waals surface area contributed by atoms with E-state index in [2.05, 4.69) is 16.9 Å². The topological polar surface area (TPSA) is 51.8 Å². The molecule has 3 rings (SSSR count). The number of hydrogen-bond acceptors (Lipinski definition) is 3. The molecule has 0 unspecified atom stereocenters. The number of rotatable bonds is 1. The molecule has 3 heteroatoms. The standard InChI is InChI=1S/C15H13N3/c1-10-4-5-11(16)9-13(10)15-12-3-2-7-17-14(12)6-8-18-15/h2-9H,16H2,1H3. The molecule has 2 N–H and O–H groups in total. The highest BCUT2D eigenvalue weighted by Gasteiger charge is 2.08. The number of fused-ring (bicyclic) bond motifs is 1. The lowest BCUT2D eigenvalue weighted by atomic mass is 10.0. The molecule has 2 aromatic heterocycles. The lowest BCUT2D eigenvalue weighted by Crippen LogP contribution is -1.92. The molecule has 0 aliphatic rings. The zero-order valence-electron chi connectivity index (χ0n) is 10.1. The second-order valence-electron chi connectivity index (χ2n) is 4.30. The molecule has 18 heavy (non-hydrogen) atoms. The fourth-order valence-corrected chi connectivity index (χ4v) is 2.11. The summed E-state index contributed by atoms with van der Waals surface area (Å²) in [4.78, 5) is 8.83. The van der Waals surface area contributed by atoms with Crippen LogP contribution in [-0.4, -0.2) is 9.97 Å². The van der Waals surface area contributed by atoms with Crippen LogP contribution < -0.4 is 5.73 Å². The third kappa shape index (κ3) is 1.70. The average Bonchev–Trinajstić information content (AvgIpc) is 2.41. The lowest BCUT2D eigenvalue weighted by molar-refractivity contribution is 1.31. The Morgan fingerprint density at radius 2 is 1.89 bits per heavy atom. The SMILES string of the molecule is Cc1ccc(N)cc1-c1nccc2ncccc12. The minimum Gasteiger partial charge on any atom is -0.399 e. The Balaban J connectivity index is 2.35. The van der Waals surface area contributed by atoms with Crippen molar-refractivity contribution in [2.45, 2.75) is 6.92 Å². The van der Waals surface area contributed by atoms with Gasteiger partial charge in [-0.25, -0.2) is 0 Å². The highest BCUT2D eigenvalue weighted by atomic mass is 14.7. The van der Waals surface area contributed by atoms with Gasteiger partial charge in [-0.15, -0.1) is 0 Å². The monoisotopic (exact) mass is 235 g/mol. The van der Waals surface area contributed by atoms with Crippen LogP contribution >= 0.6 is 0 Å². The van der Waals surface area contributed by atoms with Crippen molar-refractivity contribution in [2.24, 2.45) is 0 Å². The summed E-state index contributed by atoms with van der Waals surface area (Å²) in [5, 5.41) is 1.05. The molecular formula is C15H13N3. The highest BCUT2D eigenvalue weighted by Crippen LogP contribution is 2.29. The average molecular weight is 235 g/mol. The zero-order valence-corrected chi connectivity index (χ0v) is 10.1. The van der Waals surface area contributed by atoms with Crippen LogP contribution in [-0.2, 0) is 0 Å². The van der Waals surface area contributed by atoms with Gasteiger partial charge in [0.2, 0.25) is 0 Å². The molecule has 0 saturated carbocycles. The Morgan fingerprint density at radius 1 is 1.00 bits per heavy atom. The van der Waals surface area contributed by atoms with E-state index < -0.39 is 0 Å². The number of pyridine rings is 2. The van der Waals surface area contributed by atoms with Crippen LogP contribution in [0.1, 0.15) is 5.56 Å². The summed E-state index contributed by atoms with van der Waals surface area (Å²) in [6.45, 7) is 2.06. The molecule has 0 amide bonds. The molecule has 0 aliphatic carbocycles. The fourth-order valence-electron chi connectivity index (χ4n) is 2.11. The number of nitrogens with zero attached hydrogens (tertiary/aromatic N) is 2. The second-order valence-corrected chi connectivity index (χ2v) is 4.30. The van der Waals surface area contributed by atoms with E-state index >= 15 is 0 Å². The van der Waals surface area contributed by atoms with Gasteiger partial charge in [0.15, 0.2) is 0 Å². The van der Waals surface area contributed by atoms with Crippen molar-refractivity contribution in [3.63, 3.8) is 0 Å². The molecule has 0 spiro atoms. The Kier molecular flexibility index (Phi) is 2.45. The van der Waals surface area contributed by atoms with Crippen LogP contribution in [0.2, 0.25) is 0 Å². The fraction of sp³-hybridized carbons (Fsp3) is 0.0667. The first-order valence-electron chi connectivity index (χ1n) is 5.82. The Labute approximate surface area is 105 Å². The predicted octanol–water partition coefficient (Wildman–Crippen LogP) is 3.19. The Hall–Kier alpha value is -2.42. The van der Waals surface area contributed by atoms with Crippen LogP contribution in [0.15, 0.2) is 48.8 Å². The molecule has 88 valence electrons. The largest absolute Gasteiger partial charge is 0.399 e. The Morgan fingerprint density at radius 3 is 2.78 bits per heavy atom. The van der Waals surface area contributed by atoms with E-state index in [0.29, 0.717) is 0 Å². The molecule has 1 aromatic carbocycles. The van der Waals surface area contributed by atoms with Crippen molar-refractivity contribution in [1.29, 1.82) is 0 Å². The van der Waals surface area contributed by atoms with Gasteiger partial charge in [-0.2, -0.15) is 0 Å². The molecule has 0 atom stereocenters. The number of benzene rings is 1. The first-order valence-corrected chi connectivity index (χ1v) is 5.82. The zero-order chi connectivity index (χ0) is 12.5. The van der Waals surface area contributed by atoms with Gasteiger partial charge in [-0.1, -0.05) is 6.07 Å². The minimum atomic E-state index is 0.748. The molecule has 0 bridgehead atoms. The maximum atomic E-state index is 5.87. The first-order chi connectivity index (χ1) is 8.75. The summed E-state index contributed by atoms with van der Waals surface area (Å²) in [5.41, 5.74) is 10.7. The van der Waals surface area contributed by atoms with Crippen molar-refractivity contribution in [3.05, 3.63) is 54.4 Å². The van der Waals surface area contributed by atoms with E-state index in [-0.39, 0.29) is 0 Å². The van der Waals surface area contributed by atoms with E-state index in [4.69, 9.17) is 5.73 Å². The summed E-state index contributed by atoms with van der Waals surface area (Å²) in [6.07, 6.45) is 3.58. The minimum absolute atomic E-state index is 0.748. The van der Waals surface area contributed by atoms with Gasteiger partial charge in [0.1, 0.15) is 0 Å². The normalized spacial score (nSPS) is 10.7. The molecule has 2 heterocycles. The Bertz CT molecular complexity index is 715. The molecular weight excluding hydrogens is 222 g/mol. The second kappa shape index (κ2) is 4.11. The third-order valence-corrected chi connectivity index (χ3v) is 3.05. The van der Waals surface area contributed by atoms with Crippen molar-refractivity contribution in [2.75, 3.05) is 5.73 Å². The van der Waals surface area contributed by atoms with Crippen LogP contribution in [0.4, 0.5) is 5.69 Å². The quantitative estimate of drug-likeness (QED) is 0.659. The summed E-state index contributed by atoms with van der Waals surface area (Å²) in [5.74, 6) is 0. The lowest BCUT2D eigenvalue weighted by Gasteiger charge is -2.09. The van der Waals surface area contributed by atoms with E-state index in [0.717, 1.165) is 33.4 Å². The maximum absolute atomic E-state index is 5.87. The van der Waals surface area contributed by atoms with Crippen LogP contribution in [0, 0.1) is 6.92 Å². The van der Waals surface area contributed by atoms with Crippen LogP contribution in [0.3, 0.4) is 0 Å². The van der Waals surface area contributed by atoms with E-state index in [1.54, 1.807) is 12.4 Å². The maximum Gasteiger partial charge on any atom is 0.0799 e. The van der Waals surface area contributed by atoms with E-state index in [1.165, 1.54) is 0 Å².